The fourth-order valence-electron chi connectivity index (χ4n) is 3.30. The zero-order valence-electron chi connectivity index (χ0n) is 15.1. The number of rotatable bonds is 4. The Labute approximate surface area is 157 Å². The van der Waals surface area contributed by atoms with Crippen molar-refractivity contribution in [1.82, 2.24) is 9.97 Å². The molecule has 0 saturated carbocycles. The van der Waals surface area contributed by atoms with Crippen LogP contribution in [0.3, 0.4) is 0 Å². The van der Waals surface area contributed by atoms with Gasteiger partial charge in [-0.15, -0.1) is 0 Å². The normalized spacial score (nSPS) is 13.0. The van der Waals surface area contributed by atoms with Gasteiger partial charge in [-0.1, -0.05) is 36.4 Å². The maximum atomic E-state index is 12.0. The molecule has 4 rings (SSSR count). The van der Waals surface area contributed by atoms with Crippen LogP contribution in [0.2, 0.25) is 0 Å². The van der Waals surface area contributed by atoms with Gasteiger partial charge in [0.05, 0.1) is 18.4 Å². The first-order valence-electron chi connectivity index (χ1n) is 8.83. The maximum Gasteiger partial charge on any atom is 0.339 e. The molecule has 0 bridgehead atoms. The number of methoxy groups -OCH3 is 1. The molecule has 136 valence electrons. The minimum Gasteiger partial charge on any atom is -0.465 e. The molecule has 0 unspecified atom stereocenters. The van der Waals surface area contributed by atoms with Crippen molar-refractivity contribution in [3.05, 3.63) is 77.6 Å². The summed E-state index contributed by atoms with van der Waals surface area (Å²) in [5.74, 6) is 1.10. The van der Waals surface area contributed by atoms with Gasteiger partial charge in [0.2, 0.25) is 0 Å². The second-order valence-corrected chi connectivity index (χ2v) is 6.36. The highest BCUT2D eigenvalue weighted by Crippen LogP contribution is 2.26. The number of fused-ring (bicyclic) bond motifs is 1. The predicted octanol–water partition coefficient (Wildman–Crippen LogP) is 3.57. The van der Waals surface area contributed by atoms with E-state index < -0.39 is 0 Å². The van der Waals surface area contributed by atoms with Crippen molar-refractivity contribution in [3.8, 4) is 0 Å². The number of hydrogen-bond acceptors (Lipinski definition) is 6. The highest BCUT2D eigenvalue weighted by molar-refractivity contribution is 5.96. The van der Waals surface area contributed by atoms with E-state index in [0.717, 1.165) is 25.3 Å². The first-order chi connectivity index (χ1) is 13.2. The van der Waals surface area contributed by atoms with E-state index in [2.05, 4.69) is 44.5 Å². The van der Waals surface area contributed by atoms with Crippen LogP contribution in [-0.4, -0.2) is 29.6 Å². The van der Waals surface area contributed by atoms with E-state index in [1.807, 2.05) is 18.2 Å². The first kappa shape index (κ1) is 17.0. The Bertz CT molecular complexity index is 974. The van der Waals surface area contributed by atoms with E-state index in [1.54, 1.807) is 18.5 Å². The lowest BCUT2D eigenvalue weighted by atomic mass is 10.00. The number of carbonyl (C=O) groups excluding carboxylic acids is 1. The van der Waals surface area contributed by atoms with Crippen molar-refractivity contribution >= 4 is 23.3 Å². The molecular weight excluding hydrogens is 340 g/mol. The quantitative estimate of drug-likeness (QED) is 0.718. The first-order valence-corrected chi connectivity index (χ1v) is 8.83. The maximum absolute atomic E-state index is 12.0. The van der Waals surface area contributed by atoms with E-state index in [-0.39, 0.29) is 5.97 Å². The summed E-state index contributed by atoms with van der Waals surface area (Å²) in [6, 6.07) is 17.6. The molecule has 1 aliphatic heterocycles. The van der Waals surface area contributed by atoms with Crippen molar-refractivity contribution in [1.29, 1.82) is 0 Å². The number of anilines is 3. The lowest BCUT2D eigenvalue weighted by Gasteiger charge is -2.29. The Kier molecular flexibility index (Phi) is 4.70. The highest BCUT2D eigenvalue weighted by Gasteiger charge is 2.18. The Balaban J connectivity index is 1.57. The molecule has 27 heavy (non-hydrogen) atoms. The van der Waals surface area contributed by atoms with Crippen molar-refractivity contribution < 1.29 is 9.53 Å². The minimum atomic E-state index is -0.389. The number of carbonyl (C=O) groups is 1. The van der Waals surface area contributed by atoms with Crippen LogP contribution in [0.25, 0.3) is 0 Å². The standard InChI is InChI=1S/C21H20N4O2/c1-27-21(26)17-8-4-5-9-18(17)24-19-12-20(23-14-22-19)25-11-10-15-6-2-3-7-16(15)13-25/h2-9,12,14H,10-11,13H2,1H3,(H,22,23,24). The molecule has 0 saturated heterocycles. The molecule has 2 heterocycles. The van der Waals surface area contributed by atoms with Crippen LogP contribution in [0, 0.1) is 0 Å². The molecular formula is C21H20N4O2. The van der Waals surface area contributed by atoms with Gasteiger partial charge < -0.3 is 15.0 Å². The molecule has 0 radical (unpaired) electrons. The molecule has 2 aromatic carbocycles. The summed E-state index contributed by atoms with van der Waals surface area (Å²) in [5, 5.41) is 3.21. The Hall–Kier alpha value is -3.41. The van der Waals surface area contributed by atoms with Gasteiger partial charge in [0.25, 0.3) is 0 Å². The second-order valence-electron chi connectivity index (χ2n) is 6.36. The van der Waals surface area contributed by atoms with Gasteiger partial charge >= 0.3 is 5.97 Å². The molecule has 0 amide bonds. The third kappa shape index (κ3) is 3.60. The minimum absolute atomic E-state index is 0.389. The number of para-hydroxylation sites is 1. The van der Waals surface area contributed by atoms with Crippen LogP contribution in [0.15, 0.2) is 60.9 Å². The van der Waals surface area contributed by atoms with E-state index >= 15 is 0 Å². The van der Waals surface area contributed by atoms with Gasteiger partial charge in [-0.3, -0.25) is 0 Å². The van der Waals surface area contributed by atoms with Gasteiger partial charge in [-0.2, -0.15) is 0 Å². The molecule has 1 aliphatic rings. The predicted molar refractivity (Wildman–Crippen MR) is 104 cm³/mol. The van der Waals surface area contributed by atoms with Crippen molar-refractivity contribution in [2.45, 2.75) is 13.0 Å². The smallest absolute Gasteiger partial charge is 0.339 e. The largest absolute Gasteiger partial charge is 0.465 e. The van der Waals surface area contributed by atoms with E-state index in [4.69, 9.17) is 4.74 Å². The summed E-state index contributed by atoms with van der Waals surface area (Å²) < 4.78 is 4.85. The molecule has 1 aromatic heterocycles. The average molecular weight is 360 g/mol. The third-order valence-electron chi connectivity index (χ3n) is 4.70. The Morgan fingerprint density at radius 2 is 1.85 bits per heavy atom. The van der Waals surface area contributed by atoms with Crippen LogP contribution in [0.1, 0.15) is 21.5 Å². The lowest BCUT2D eigenvalue weighted by molar-refractivity contribution is 0.0602. The van der Waals surface area contributed by atoms with Crippen LogP contribution in [0.4, 0.5) is 17.3 Å². The Morgan fingerprint density at radius 3 is 2.70 bits per heavy atom. The summed E-state index contributed by atoms with van der Waals surface area (Å²) in [6.07, 6.45) is 2.53. The van der Waals surface area contributed by atoms with Crippen LogP contribution < -0.4 is 10.2 Å². The number of aromatic nitrogens is 2. The SMILES string of the molecule is COC(=O)c1ccccc1Nc1cc(N2CCc3ccccc3C2)ncn1. The molecule has 0 atom stereocenters. The van der Waals surface area contributed by atoms with Gasteiger partial charge in [-0.25, -0.2) is 14.8 Å². The summed E-state index contributed by atoms with van der Waals surface area (Å²) in [4.78, 5) is 22.9. The third-order valence-corrected chi connectivity index (χ3v) is 4.70. The Morgan fingerprint density at radius 1 is 1.07 bits per heavy atom. The zero-order chi connectivity index (χ0) is 18.6. The van der Waals surface area contributed by atoms with E-state index in [1.165, 1.54) is 18.2 Å². The van der Waals surface area contributed by atoms with Crippen LogP contribution in [-0.2, 0) is 17.7 Å². The summed E-state index contributed by atoms with van der Waals surface area (Å²) in [5.41, 5.74) is 3.84. The van der Waals surface area contributed by atoms with Crippen LogP contribution in [0.5, 0.6) is 0 Å². The summed E-state index contributed by atoms with van der Waals surface area (Å²) in [7, 11) is 1.37. The number of hydrogen-bond donors (Lipinski definition) is 1. The van der Waals surface area contributed by atoms with Crippen molar-refractivity contribution in [2.75, 3.05) is 23.9 Å². The zero-order valence-corrected chi connectivity index (χ0v) is 15.1. The van der Waals surface area contributed by atoms with Gasteiger partial charge in [0.15, 0.2) is 0 Å². The van der Waals surface area contributed by atoms with Gasteiger partial charge in [-0.05, 0) is 29.7 Å². The van der Waals surface area contributed by atoms with Crippen molar-refractivity contribution in [2.24, 2.45) is 0 Å². The highest BCUT2D eigenvalue weighted by atomic mass is 16.5. The number of esters is 1. The van der Waals surface area contributed by atoms with E-state index in [0.29, 0.717) is 17.1 Å². The topological polar surface area (TPSA) is 67.3 Å². The average Bonchev–Trinajstić information content (AvgIpc) is 2.73. The molecule has 0 fully saturated rings. The molecule has 0 spiro atoms. The number of nitrogens with one attached hydrogen (secondary N) is 1. The number of benzene rings is 2. The van der Waals surface area contributed by atoms with Crippen molar-refractivity contribution in [3.63, 3.8) is 0 Å². The molecule has 0 aliphatic carbocycles. The van der Waals surface area contributed by atoms with Gasteiger partial charge in [0, 0.05) is 19.2 Å². The van der Waals surface area contributed by atoms with Gasteiger partial charge in [0.1, 0.15) is 18.0 Å². The monoisotopic (exact) mass is 360 g/mol. The second kappa shape index (κ2) is 7.45. The van der Waals surface area contributed by atoms with E-state index in [9.17, 15) is 4.79 Å². The lowest BCUT2D eigenvalue weighted by Crippen LogP contribution is -2.31. The molecule has 1 N–H and O–H groups in total. The summed E-state index contributed by atoms with van der Waals surface area (Å²) in [6.45, 7) is 1.73. The fraction of sp³-hybridized carbons (Fsp3) is 0.190. The molecule has 3 aromatic rings. The number of ether oxygens (including phenoxy) is 1. The van der Waals surface area contributed by atoms with Crippen LogP contribution >= 0.6 is 0 Å². The fourth-order valence-corrected chi connectivity index (χ4v) is 3.30. The summed E-state index contributed by atoms with van der Waals surface area (Å²) >= 11 is 0. The molecule has 6 heteroatoms. The molecule has 6 nitrogen and oxygen atoms in total. The number of nitrogens with zero attached hydrogens (tertiary/aromatic N) is 3.